The molecule has 1 fully saturated rings. The van der Waals surface area contributed by atoms with Crippen molar-refractivity contribution in [1.82, 2.24) is 5.32 Å². The average Bonchev–Trinajstić information content (AvgIpc) is 2.86. The molecular formula is C9H17NOS. The summed E-state index contributed by atoms with van der Waals surface area (Å²) in [5.41, 5.74) is 0. The van der Waals surface area contributed by atoms with Crippen LogP contribution in [0.4, 0.5) is 0 Å². The van der Waals surface area contributed by atoms with Crippen LogP contribution < -0.4 is 5.32 Å². The minimum atomic E-state index is 0.267. The lowest BCUT2D eigenvalue weighted by Gasteiger charge is -2.08. The first-order valence-corrected chi connectivity index (χ1v) is 5.83. The van der Waals surface area contributed by atoms with Gasteiger partial charge in [0.2, 0.25) is 5.91 Å². The molecule has 70 valence electrons. The van der Waals surface area contributed by atoms with Gasteiger partial charge < -0.3 is 5.32 Å². The molecule has 1 N–H and O–H groups in total. The first-order chi connectivity index (χ1) is 5.74. The molecule has 1 unspecified atom stereocenters. The minimum Gasteiger partial charge on any atom is -0.356 e. The second-order valence-electron chi connectivity index (χ2n) is 3.40. The largest absolute Gasteiger partial charge is 0.356 e. The Bertz CT molecular complexity index is 157. The molecule has 1 aliphatic rings. The van der Waals surface area contributed by atoms with Crippen molar-refractivity contribution in [2.75, 3.05) is 12.8 Å². The van der Waals surface area contributed by atoms with Crippen molar-refractivity contribution in [2.24, 2.45) is 5.92 Å². The van der Waals surface area contributed by atoms with Gasteiger partial charge in [0, 0.05) is 17.7 Å². The van der Waals surface area contributed by atoms with Crippen LogP contribution in [0.25, 0.3) is 0 Å². The predicted octanol–water partition coefficient (Wildman–Crippen LogP) is 1.65. The summed E-state index contributed by atoms with van der Waals surface area (Å²) in [5.74, 6) is 0.623. The molecule has 1 aliphatic carbocycles. The van der Waals surface area contributed by atoms with Crippen LogP contribution in [-0.2, 0) is 4.79 Å². The van der Waals surface area contributed by atoms with Gasteiger partial charge in [0.05, 0.1) is 0 Å². The van der Waals surface area contributed by atoms with E-state index in [2.05, 4.69) is 18.5 Å². The number of hydrogen-bond acceptors (Lipinski definition) is 2. The zero-order valence-electron chi connectivity index (χ0n) is 7.80. The maximum absolute atomic E-state index is 11.2. The third kappa shape index (κ3) is 3.48. The van der Waals surface area contributed by atoms with Crippen LogP contribution in [0.5, 0.6) is 0 Å². The second kappa shape index (κ2) is 4.75. The van der Waals surface area contributed by atoms with Crippen LogP contribution in [-0.4, -0.2) is 24.0 Å². The van der Waals surface area contributed by atoms with E-state index in [9.17, 15) is 4.79 Å². The van der Waals surface area contributed by atoms with Crippen molar-refractivity contribution >= 4 is 17.7 Å². The van der Waals surface area contributed by atoms with Gasteiger partial charge >= 0.3 is 0 Å². The Balaban J connectivity index is 1.97. The van der Waals surface area contributed by atoms with E-state index in [-0.39, 0.29) is 5.91 Å². The van der Waals surface area contributed by atoms with Gasteiger partial charge in [0.25, 0.3) is 0 Å². The summed E-state index contributed by atoms with van der Waals surface area (Å²) in [5, 5.41) is 3.61. The van der Waals surface area contributed by atoms with E-state index in [1.807, 2.05) is 11.8 Å². The standard InChI is InChI=1S/C9H17NOS/c1-7(12-2)5-6-10-9(11)8-3-4-8/h7-8H,3-6H2,1-2H3,(H,10,11). The Kier molecular flexibility index (Phi) is 3.92. The van der Waals surface area contributed by atoms with Crippen LogP contribution in [0.1, 0.15) is 26.2 Å². The third-order valence-electron chi connectivity index (χ3n) is 2.20. The first-order valence-electron chi connectivity index (χ1n) is 4.54. The molecule has 1 atom stereocenters. The fourth-order valence-corrected chi connectivity index (χ4v) is 1.36. The van der Waals surface area contributed by atoms with Crippen molar-refractivity contribution in [3.8, 4) is 0 Å². The van der Waals surface area contributed by atoms with E-state index in [4.69, 9.17) is 0 Å². The van der Waals surface area contributed by atoms with E-state index in [0.29, 0.717) is 11.2 Å². The Morgan fingerprint density at radius 1 is 1.67 bits per heavy atom. The smallest absolute Gasteiger partial charge is 0.223 e. The molecule has 0 aromatic rings. The average molecular weight is 187 g/mol. The van der Waals surface area contributed by atoms with Crippen LogP contribution in [0, 0.1) is 5.92 Å². The monoisotopic (exact) mass is 187 g/mol. The van der Waals surface area contributed by atoms with Crippen molar-refractivity contribution in [3.05, 3.63) is 0 Å². The highest BCUT2D eigenvalue weighted by atomic mass is 32.2. The van der Waals surface area contributed by atoms with Gasteiger partial charge in [-0.2, -0.15) is 11.8 Å². The molecule has 0 heterocycles. The predicted molar refractivity (Wildman–Crippen MR) is 53.3 cm³/mol. The SMILES string of the molecule is CSC(C)CCNC(=O)C1CC1. The van der Waals surface area contributed by atoms with Gasteiger partial charge in [0.15, 0.2) is 0 Å². The number of rotatable bonds is 5. The highest BCUT2D eigenvalue weighted by Crippen LogP contribution is 2.28. The summed E-state index contributed by atoms with van der Waals surface area (Å²) >= 11 is 1.85. The number of nitrogens with one attached hydrogen (secondary N) is 1. The molecule has 1 amide bonds. The summed E-state index contributed by atoms with van der Waals surface area (Å²) in [6.07, 6.45) is 5.39. The lowest BCUT2D eigenvalue weighted by molar-refractivity contribution is -0.122. The molecule has 0 radical (unpaired) electrons. The Hall–Kier alpha value is -0.180. The molecule has 1 saturated carbocycles. The number of amides is 1. The number of thioether (sulfide) groups is 1. The molecule has 3 heteroatoms. The zero-order valence-corrected chi connectivity index (χ0v) is 8.62. The molecule has 0 bridgehead atoms. The topological polar surface area (TPSA) is 29.1 Å². The van der Waals surface area contributed by atoms with Gasteiger partial charge in [-0.15, -0.1) is 0 Å². The maximum Gasteiger partial charge on any atom is 0.223 e. The molecule has 12 heavy (non-hydrogen) atoms. The van der Waals surface area contributed by atoms with Crippen molar-refractivity contribution in [1.29, 1.82) is 0 Å². The Morgan fingerprint density at radius 2 is 2.33 bits per heavy atom. The first kappa shape index (κ1) is 9.90. The number of carbonyl (C=O) groups is 1. The quantitative estimate of drug-likeness (QED) is 0.709. The molecule has 0 spiro atoms. The van der Waals surface area contributed by atoms with E-state index in [1.54, 1.807) is 0 Å². The lowest BCUT2D eigenvalue weighted by Crippen LogP contribution is -2.27. The minimum absolute atomic E-state index is 0.267. The maximum atomic E-state index is 11.2. The molecular weight excluding hydrogens is 170 g/mol. The van der Waals surface area contributed by atoms with Gasteiger partial charge in [0.1, 0.15) is 0 Å². The molecule has 0 aliphatic heterocycles. The molecule has 2 nitrogen and oxygen atoms in total. The van der Waals surface area contributed by atoms with Crippen molar-refractivity contribution in [2.45, 2.75) is 31.4 Å². The van der Waals surface area contributed by atoms with E-state index >= 15 is 0 Å². The number of hydrogen-bond donors (Lipinski definition) is 1. The van der Waals surface area contributed by atoms with Crippen molar-refractivity contribution in [3.63, 3.8) is 0 Å². The van der Waals surface area contributed by atoms with Crippen molar-refractivity contribution < 1.29 is 4.79 Å². The fraction of sp³-hybridized carbons (Fsp3) is 0.889. The summed E-state index contributed by atoms with van der Waals surface area (Å²) in [6, 6.07) is 0. The highest BCUT2D eigenvalue weighted by Gasteiger charge is 2.28. The van der Waals surface area contributed by atoms with Gasteiger partial charge in [-0.05, 0) is 25.5 Å². The summed E-state index contributed by atoms with van der Waals surface area (Å²) in [4.78, 5) is 11.2. The summed E-state index contributed by atoms with van der Waals surface area (Å²) in [7, 11) is 0. The molecule has 0 saturated heterocycles. The Labute approximate surface area is 78.5 Å². The normalized spacial score (nSPS) is 18.8. The van der Waals surface area contributed by atoms with Gasteiger partial charge in [-0.1, -0.05) is 6.92 Å². The van der Waals surface area contributed by atoms with Crippen LogP contribution in [0.3, 0.4) is 0 Å². The van der Waals surface area contributed by atoms with E-state index < -0.39 is 0 Å². The lowest BCUT2D eigenvalue weighted by atomic mass is 10.3. The van der Waals surface area contributed by atoms with Gasteiger partial charge in [-0.3, -0.25) is 4.79 Å². The zero-order chi connectivity index (χ0) is 8.97. The summed E-state index contributed by atoms with van der Waals surface area (Å²) in [6.45, 7) is 3.03. The molecule has 0 aromatic carbocycles. The Morgan fingerprint density at radius 3 is 2.83 bits per heavy atom. The van der Waals surface area contributed by atoms with Gasteiger partial charge in [-0.25, -0.2) is 0 Å². The van der Waals surface area contributed by atoms with E-state index in [1.165, 1.54) is 0 Å². The third-order valence-corrected chi connectivity index (χ3v) is 3.24. The second-order valence-corrected chi connectivity index (χ2v) is 4.68. The van der Waals surface area contributed by atoms with Crippen LogP contribution in [0.15, 0.2) is 0 Å². The number of carbonyl (C=O) groups excluding carboxylic acids is 1. The van der Waals surface area contributed by atoms with E-state index in [0.717, 1.165) is 25.8 Å². The fourth-order valence-electron chi connectivity index (χ4n) is 1.01. The molecule has 0 aromatic heterocycles. The van der Waals surface area contributed by atoms with Crippen LogP contribution in [0.2, 0.25) is 0 Å². The molecule has 1 rings (SSSR count). The highest BCUT2D eigenvalue weighted by molar-refractivity contribution is 7.99. The van der Waals surface area contributed by atoms with Crippen LogP contribution >= 0.6 is 11.8 Å². The summed E-state index contributed by atoms with van der Waals surface area (Å²) < 4.78 is 0.